The van der Waals surface area contributed by atoms with Gasteiger partial charge < -0.3 is 20.2 Å². The molecule has 8 nitrogen and oxygen atoms in total. The summed E-state index contributed by atoms with van der Waals surface area (Å²) in [5, 5.41) is 12.6. The van der Waals surface area contributed by atoms with Gasteiger partial charge in [-0.15, -0.1) is 0 Å². The lowest BCUT2D eigenvalue weighted by Gasteiger charge is -2.24. The van der Waals surface area contributed by atoms with Gasteiger partial charge in [0, 0.05) is 6.42 Å². The number of unbranched alkanes of at least 4 members (excludes halogenated alkanes) is 3. The Morgan fingerprint density at radius 3 is 2.00 bits per heavy atom. The van der Waals surface area contributed by atoms with Gasteiger partial charge in [-0.2, -0.15) is 0 Å². The van der Waals surface area contributed by atoms with Crippen LogP contribution in [0.1, 0.15) is 32.1 Å². The summed E-state index contributed by atoms with van der Waals surface area (Å²) in [6.07, 6.45) is 2.92. The molecule has 0 aromatic heterocycles. The normalized spacial score (nSPS) is 18.2. The summed E-state index contributed by atoms with van der Waals surface area (Å²) >= 11 is 0. The molecule has 0 rings (SSSR count). The predicted octanol–water partition coefficient (Wildman–Crippen LogP) is 0.600. The molecule has 0 aliphatic heterocycles. The predicted molar refractivity (Wildman–Crippen MR) is 66.6 cm³/mol. The Bertz CT molecular complexity index is 260. The van der Waals surface area contributed by atoms with Crippen LogP contribution in [0.15, 0.2) is 0 Å². The van der Waals surface area contributed by atoms with E-state index in [1.54, 1.807) is 0 Å². The smallest absolute Gasteiger partial charge is 0.320 e. The first-order valence-electron chi connectivity index (χ1n) is 5.60. The molecule has 0 saturated carbocycles. The van der Waals surface area contributed by atoms with Crippen LogP contribution in [0.2, 0.25) is 0 Å². The van der Waals surface area contributed by atoms with E-state index in [4.69, 9.17) is 9.79 Å². The molecule has 4 N–H and O–H groups in total. The van der Waals surface area contributed by atoms with Gasteiger partial charge in [0.25, 0.3) is 5.97 Å². The molecular weight excluding hydrogens is 284 g/mol. The fourth-order valence-electron chi connectivity index (χ4n) is 1.40. The second-order valence-corrected chi connectivity index (χ2v) is 5.19. The molecule has 18 heavy (non-hydrogen) atoms. The number of nitrogens with one attached hydrogen (secondary N) is 1. The van der Waals surface area contributed by atoms with Gasteiger partial charge >= 0.3 is 16.5 Å². The Balaban J connectivity index is 4.01. The molecule has 0 heterocycles. The third-order valence-corrected chi connectivity index (χ3v) is 3.15. The van der Waals surface area contributed by atoms with E-state index in [2.05, 4.69) is 14.4 Å². The van der Waals surface area contributed by atoms with Crippen LogP contribution in [0.4, 0.5) is 0 Å². The molecule has 0 amide bonds. The molecule has 110 valence electrons. The highest BCUT2D eigenvalue weighted by molar-refractivity contribution is 7.33. The molecule has 0 aliphatic rings. The lowest BCUT2D eigenvalue weighted by molar-refractivity contribution is -0.277. The van der Waals surface area contributed by atoms with Gasteiger partial charge in [0.05, 0.1) is 0 Å². The second-order valence-electron chi connectivity index (χ2n) is 3.72. The summed E-state index contributed by atoms with van der Waals surface area (Å²) in [6.45, 7) is 0.881. The summed E-state index contributed by atoms with van der Waals surface area (Å²) in [4.78, 5) is 17.2. The summed E-state index contributed by atoms with van der Waals surface area (Å²) in [5.74, 6) is -2.46. The summed E-state index contributed by atoms with van der Waals surface area (Å²) in [5.41, 5.74) is 0. The van der Waals surface area contributed by atoms with Crippen molar-refractivity contribution < 1.29 is 33.1 Å². The van der Waals surface area contributed by atoms with Crippen molar-refractivity contribution in [1.82, 2.24) is 5.32 Å². The second kappa shape index (κ2) is 10.1. The fraction of sp³-hybridized carbons (Fsp3) is 1.00. The lowest BCUT2D eigenvalue weighted by atomic mass is 10.1. The van der Waals surface area contributed by atoms with Crippen molar-refractivity contribution in [3.8, 4) is 0 Å². The summed E-state index contributed by atoms with van der Waals surface area (Å²) < 4.78 is 29.6. The van der Waals surface area contributed by atoms with E-state index in [0.717, 1.165) is 25.8 Å². The monoisotopic (exact) mass is 305 g/mol. The largest absolute Gasteiger partial charge is 0.343 e. The minimum absolute atomic E-state index is 0.138. The van der Waals surface area contributed by atoms with Crippen LogP contribution in [0.3, 0.4) is 0 Å². The van der Waals surface area contributed by atoms with Crippen molar-refractivity contribution in [2.24, 2.45) is 0 Å². The molecule has 0 aliphatic carbocycles. The van der Waals surface area contributed by atoms with E-state index < -0.39 is 22.5 Å². The highest BCUT2D eigenvalue weighted by Gasteiger charge is 2.32. The summed E-state index contributed by atoms with van der Waals surface area (Å²) in [6, 6.07) is 0. The topological polar surface area (TPSA) is 125 Å². The summed E-state index contributed by atoms with van der Waals surface area (Å²) in [7, 11) is -5.07. The first-order chi connectivity index (χ1) is 8.39. The molecule has 10 heteroatoms. The van der Waals surface area contributed by atoms with Crippen molar-refractivity contribution in [3.63, 3.8) is 0 Å². The van der Waals surface area contributed by atoms with Crippen molar-refractivity contribution in [1.29, 1.82) is 0 Å². The van der Waals surface area contributed by atoms with Gasteiger partial charge in [0.2, 0.25) is 0 Å². The van der Waals surface area contributed by atoms with Gasteiger partial charge in [0.15, 0.2) is 0 Å². The maximum Gasteiger partial charge on any atom is 0.320 e. The van der Waals surface area contributed by atoms with Crippen LogP contribution in [-0.2, 0) is 18.2 Å². The molecule has 0 saturated heterocycles. The Kier molecular flexibility index (Phi) is 10.2. The zero-order valence-electron chi connectivity index (χ0n) is 10.2. The minimum Gasteiger partial charge on any atom is -0.343 e. The fourth-order valence-corrected chi connectivity index (χ4v) is 2.32. The maximum atomic E-state index is 10.5. The lowest BCUT2D eigenvalue weighted by Crippen LogP contribution is -2.31. The Morgan fingerprint density at radius 1 is 1.06 bits per heavy atom. The van der Waals surface area contributed by atoms with Crippen molar-refractivity contribution in [2.75, 3.05) is 13.6 Å². The first-order valence-corrected chi connectivity index (χ1v) is 8.13. The van der Waals surface area contributed by atoms with Crippen LogP contribution in [-0.4, -0.2) is 34.5 Å². The molecule has 0 bridgehead atoms. The molecule has 2 atom stereocenters. The standard InChI is InChI=1S/C8H21NO7P2/c1-9-7-5-3-2-4-6-8(10,15-17(11)12)16-18(13)14/h9-10,17-18H,2-7H2,1H3,(H,11,12)(H,13,14). The SMILES string of the molecule is CNCCCCCCC(O)(O[PH](=O)O)O[PH](=O)O. The molecule has 2 unspecified atom stereocenters. The van der Waals surface area contributed by atoms with Gasteiger partial charge in [-0.1, -0.05) is 12.8 Å². The van der Waals surface area contributed by atoms with Crippen LogP contribution in [0.5, 0.6) is 0 Å². The third kappa shape index (κ3) is 10.2. The van der Waals surface area contributed by atoms with Crippen LogP contribution in [0, 0.1) is 0 Å². The van der Waals surface area contributed by atoms with Crippen molar-refractivity contribution in [2.45, 2.75) is 38.1 Å². The Morgan fingerprint density at radius 2 is 1.56 bits per heavy atom. The first kappa shape index (κ1) is 18.2. The number of hydrogen-bond donors (Lipinski definition) is 4. The Labute approximate surface area is 107 Å². The van der Waals surface area contributed by atoms with Crippen molar-refractivity contribution >= 4 is 16.5 Å². The molecule has 0 aromatic rings. The molecule has 0 spiro atoms. The van der Waals surface area contributed by atoms with Crippen LogP contribution in [0.25, 0.3) is 0 Å². The highest BCUT2D eigenvalue weighted by atomic mass is 31.1. The van der Waals surface area contributed by atoms with E-state index in [1.807, 2.05) is 7.05 Å². The van der Waals surface area contributed by atoms with E-state index in [-0.39, 0.29) is 6.42 Å². The zero-order valence-corrected chi connectivity index (χ0v) is 12.2. The quantitative estimate of drug-likeness (QED) is 0.248. The maximum absolute atomic E-state index is 10.5. The van der Waals surface area contributed by atoms with E-state index in [9.17, 15) is 14.2 Å². The third-order valence-electron chi connectivity index (χ3n) is 2.16. The van der Waals surface area contributed by atoms with Crippen LogP contribution < -0.4 is 5.32 Å². The van der Waals surface area contributed by atoms with E-state index in [0.29, 0.717) is 6.42 Å². The molecule has 0 fully saturated rings. The van der Waals surface area contributed by atoms with Gasteiger partial charge in [-0.25, -0.2) is 0 Å². The minimum atomic E-state index is -3.46. The van der Waals surface area contributed by atoms with Gasteiger partial charge in [0.1, 0.15) is 0 Å². The highest BCUT2D eigenvalue weighted by Crippen LogP contribution is 2.35. The Hall–Kier alpha value is 0.220. The number of aliphatic hydroxyl groups is 1. The van der Waals surface area contributed by atoms with Crippen molar-refractivity contribution in [3.05, 3.63) is 0 Å². The van der Waals surface area contributed by atoms with E-state index in [1.165, 1.54) is 0 Å². The molecule has 0 aromatic carbocycles. The average Bonchev–Trinajstić information content (AvgIpc) is 2.20. The van der Waals surface area contributed by atoms with Gasteiger partial charge in [-0.05, 0) is 26.4 Å². The number of rotatable bonds is 11. The zero-order chi connectivity index (χ0) is 14.0. The van der Waals surface area contributed by atoms with Gasteiger partial charge in [-0.3, -0.25) is 18.2 Å². The molecular formula is C8H21NO7P2. The molecule has 0 radical (unpaired) electrons. The van der Waals surface area contributed by atoms with Crippen LogP contribution >= 0.6 is 16.5 Å². The average molecular weight is 305 g/mol. The number of hydrogen-bond acceptors (Lipinski definition) is 6. The van der Waals surface area contributed by atoms with E-state index >= 15 is 0 Å².